The SMILES string of the molecule is COCCOC(=O)N(c1cnc(-c2cnc(OC)nc2)cn1)C1CCC(Nc2ncc(C(F)(F)F)c(-c3[nH]ncc3Cl)n2)CC1. The first-order chi connectivity index (χ1) is 21.7. The molecule has 4 heterocycles. The molecule has 2 N–H and O–H groups in total. The van der Waals surface area contributed by atoms with Gasteiger partial charge in [0, 0.05) is 43.3 Å². The van der Waals surface area contributed by atoms with Crippen LogP contribution in [0.15, 0.2) is 37.2 Å². The van der Waals surface area contributed by atoms with Gasteiger partial charge in [-0.05, 0) is 25.7 Å². The lowest BCUT2D eigenvalue weighted by molar-refractivity contribution is -0.137. The summed E-state index contributed by atoms with van der Waals surface area (Å²) in [6.45, 7) is 0.266. The highest BCUT2D eigenvalue weighted by Crippen LogP contribution is 2.38. The Hall–Kier alpha value is -4.64. The second kappa shape index (κ2) is 14.0. The van der Waals surface area contributed by atoms with Crippen molar-refractivity contribution in [2.24, 2.45) is 0 Å². The molecule has 0 spiro atoms. The van der Waals surface area contributed by atoms with Gasteiger partial charge in [-0.2, -0.15) is 18.3 Å². The Balaban J connectivity index is 1.30. The van der Waals surface area contributed by atoms with Crippen molar-refractivity contribution in [3.05, 3.63) is 47.8 Å². The molecule has 18 heteroatoms. The minimum atomic E-state index is -4.70. The van der Waals surface area contributed by atoms with E-state index >= 15 is 0 Å². The fourth-order valence-corrected chi connectivity index (χ4v) is 4.99. The highest BCUT2D eigenvalue weighted by molar-refractivity contribution is 6.32. The largest absolute Gasteiger partial charge is 0.467 e. The molecule has 0 bridgehead atoms. The van der Waals surface area contributed by atoms with Crippen LogP contribution in [0.5, 0.6) is 6.01 Å². The monoisotopic (exact) mass is 648 g/mol. The maximum absolute atomic E-state index is 13.7. The number of hydrogen-bond acceptors (Lipinski definition) is 12. The van der Waals surface area contributed by atoms with Crippen LogP contribution in [0.1, 0.15) is 31.2 Å². The Bertz CT molecular complexity index is 1580. The third kappa shape index (κ3) is 7.54. The molecule has 0 unspecified atom stereocenters. The van der Waals surface area contributed by atoms with Gasteiger partial charge in [-0.15, -0.1) is 0 Å². The fourth-order valence-electron chi connectivity index (χ4n) is 4.81. The van der Waals surface area contributed by atoms with Gasteiger partial charge < -0.3 is 19.5 Å². The first kappa shape index (κ1) is 31.8. The van der Waals surface area contributed by atoms with Gasteiger partial charge in [0.25, 0.3) is 0 Å². The van der Waals surface area contributed by atoms with E-state index in [4.69, 9.17) is 25.8 Å². The first-order valence-corrected chi connectivity index (χ1v) is 14.1. The Kier molecular flexibility index (Phi) is 9.87. The van der Waals surface area contributed by atoms with Gasteiger partial charge in [0.05, 0.1) is 43.0 Å². The van der Waals surface area contributed by atoms with E-state index < -0.39 is 23.5 Å². The highest BCUT2D eigenvalue weighted by Gasteiger charge is 2.37. The van der Waals surface area contributed by atoms with Gasteiger partial charge in [-0.25, -0.2) is 29.7 Å². The zero-order valence-corrected chi connectivity index (χ0v) is 24.8. The summed E-state index contributed by atoms with van der Waals surface area (Å²) in [6.07, 6.45) is 4.82. The number of alkyl halides is 3. The number of methoxy groups -OCH3 is 2. The van der Waals surface area contributed by atoms with Crippen molar-refractivity contribution >= 4 is 29.5 Å². The van der Waals surface area contributed by atoms with Crippen LogP contribution in [0, 0.1) is 0 Å². The summed E-state index contributed by atoms with van der Waals surface area (Å²) in [5.74, 6) is 0.297. The number of amides is 1. The van der Waals surface area contributed by atoms with Gasteiger partial charge in [0.15, 0.2) is 5.82 Å². The molecule has 238 valence electrons. The smallest absolute Gasteiger partial charge is 0.420 e. The molecular formula is C27H28ClF3N10O4. The van der Waals surface area contributed by atoms with Gasteiger partial charge in [-0.1, -0.05) is 11.6 Å². The molecule has 0 aliphatic heterocycles. The van der Waals surface area contributed by atoms with E-state index in [1.807, 2.05) is 0 Å². The maximum atomic E-state index is 13.7. The summed E-state index contributed by atoms with van der Waals surface area (Å²) in [5.41, 5.74) is -0.414. The number of rotatable bonds is 10. The van der Waals surface area contributed by atoms with Crippen LogP contribution in [-0.2, 0) is 15.7 Å². The predicted molar refractivity (Wildman–Crippen MR) is 155 cm³/mol. The number of nitrogens with one attached hydrogen (secondary N) is 2. The van der Waals surface area contributed by atoms with Crippen molar-refractivity contribution in [3.63, 3.8) is 0 Å². The van der Waals surface area contributed by atoms with Crippen molar-refractivity contribution in [1.29, 1.82) is 0 Å². The van der Waals surface area contributed by atoms with E-state index in [1.54, 1.807) is 12.4 Å². The maximum Gasteiger partial charge on any atom is 0.420 e. The fraction of sp³-hybridized carbons (Fsp3) is 0.407. The molecule has 4 aromatic heterocycles. The minimum Gasteiger partial charge on any atom is -0.467 e. The molecule has 0 atom stereocenters. The second-order valence-electron chi connectivity index (χ2n) is 9.89. The molecule has 0 radical (unpaired) electrons. The summed E-state index contributed by atoms with van der Waals surface area (Å²) in [7, 11) is 2.96. The lowest BCUT2D eigenvalue weighted by Gasteiger charge is -2.35. The topological polar surface area (TPSA) is 166 Å². The van der Waals surface area contributed by atoms with Crippen molar-refractivity contribution in [2.45, 2.75) is 43.9 Å². The Morgan fingerprint density at radius 2 is 1.76 bits per heavy atom. The molecule has 45 heavy (non-hydrogen) atoms. The summed E-state index contributed by atoms with van der Waals surface area (Å²) in [4.78, 5) is 39.8. The minimum absolute atomic E-state index is 0.00315. The molecule has 1 amide bonds. The van der Waals surface area contributed by atoms with Crippen LogP contribution in [0.2, 0.25) is 5.02 Å². The number of aromatic amines is 1. The summed E-state index contributed by atoms with van der Waals surface area (Å²) >= 11 is 6.04. The third-order valence-corrected chi connectivity index (χ3v) is 7.31. The van der Waals surface area contributed by atoms with Crippen molar-refractivity contribution in [1.82, 2.24) is 40.1 Å². The highest BCUT2D eigenvalue weighted by atomic mass is 35.5. The van der Waals surface area contributed by atoms with Crippen molar-refractivity contribution in [3.8, 4) is 28.7 Å². The number of anilines is 2. The number of carbonyl (C=O) groups is 1. The molecule has 5 rings (SSSR count). The number of hydrogen-bond donors (Lipinski definition) is 2. The van der Waals surface area contributed by atoms with Crippen LogP contribution >= 0.6 is 11.6 Å². The first-order valence-electron chi connectivity index (χ1n) is 13.7. The van der Waals surface area contributed by atoms with Gasteiger partial charge >= 0.3 is 18.3 Å². The molecule has 14 nitrogen and oxygen atoms in total. The molecule has 1 saturated carbocycles. The molecule has 0 saturated heterocycles. The van der Waals surface area contributed by atoms with E-state index in [0.717, 1.165) is 0 Å². The van der Waals surface area contributed by atoms with E-state index in [0.29, 0.717) is 49.0 Å². The summed E-state index contributed by atoms with van der Waals surface area (Å²) in [6, 6.07) is -0.264. The average molecular weight is 649 g/mol. The van der Waals surface area contributed by atoms with E-state index in [2.05, 4.69) is 45.4 Å². The number of ether oxygens (including phenoxy) is 3. The normalized spacial score (nSPS) is 16.7. The number of halogens is 4. The molecule has 1 aliphatic rings. The number of carbonyl (C=O) groups excluding carboxylic acids is 1. The Morgan fingerprint density at radius 1 is 1.00 bits per heavy atom. The van der Waals surface area contributed by atoms with E-state index in [1.165, 1.54) is 37.7 Å². The number of nitrogens with zero attached hydrogens (tertiary/aromatic N) is 8. The van der Waals surface area contributed by atoms with Crippen LogP contribution in [0.4, 0.5) is 29.7 Å². The average Bonchev–Trinajstić information content (AvgIpc) is 3.47. The van der Waals surface area contributed by atoms with Crippen LogP contribution in [0.3, 0.4) is 0 Å². The number of aromatic nitrogens is 8. The lowest BCUT2D eigenvalue weighted by atomic mass is 9.90. The predicted octanol–water partition coefficient (Wildman–Crippen LogP) is 4.81. The second-order valence-corrected chi connectivity index (χ2v) is 10.3. The molecule has 4 aromatic rings. The Labute approximate surface area is 259 Å². The summed E-state index contributed by atoms with van der Waals surface area (Å²) < 4.78 is 56.4. The standard InChI is InChI=1S/C27H28ClF3N10O4/c1-43-7-8-45-26(42)41(21-14-32-20(13-33-21)15-9-35-25(44-2)36-10-15)17-5-3-16(4-6-17)38-24-34-11-18(27(29,30)31)22(39-24)23-19(28)12-37-40-23/h9-14,16-17H,3-8H2,1-2H3,(H,37,40)(H,34,38,39). The Morgan fingerprint density at radius 3 is 2.36 bits per heavy atom. The molecular weight excluding hydrogens is 621 g/mol. The zero-order valence-electron chi connectivity index (χ0n) is 24.1. The molecule has 0 aromatic carbocycles. The van der Waals surface area contributed by atoms with Gasteiger partial charge in [0.1, 0.15) is 23.6 Å². The van der Waals surface area contributed by atoms with Crippen LogP contribution in [0.25, 0.3) is 22.6 Å². The third-order valence-electron chi connectivity index (χ3n) is 7.02. The van der Waals surface area contributed by atoms with E-state index in [9.17, 15) is 18.0 Å². The van der Waals surface area contributed by atoms with Gasteiger partial charge in [-0.3, -0.25) is 15.0 Å². The lowest BCUT2D eigenvalue weighted by Crippen LogP contribution is -2.45. The number of H-pyrrole nitrogens is 1. The molecule has 1 aliphatic carbocycles. The van der Waals surface area contributed by atoms with Crippen LogP contribution < -0.4 is 15.0 Å². The van der Waals surface area contributed by atoms with E-state index in [-0.39, 0.29) is 48.0 Å². The zero-order chi connectivity index (χ0) is 32.0. The van der Waals surface area contributed by atoms with Crippen molar-refractivity contribution in [2.75, 3.05) is 37.7 Å². The van der Waals surface area contributed by atoms with Crippen LogP contribution in [-0.4, -0.2) is 85.7 Å². The quantitative estimate of drug-likeness (QED) is 0.226. The van der Waals surface area contributed by atoms with Crippen molar-refractivity contribution < 1.29 is 32.2 Å². The summed E-state index contributed by atoms with van der Waals surface area (Å²) in [5, 5.41) is 9.29. The van der Waals surface area contributed by atoms with Gasteiger partial charge in [0.2, 0.25) is 5.95 Å². The molecule has 1 fully saturated rings.